The Balaban J connectivity index is 2.31. The number of hydrogen-bond acceptors (Lipinski definition) is 1. The van der Waals surface area contributed by atoms with Gasteiger partial charge in [-0.05, 0) is 11.0 Å². The van der Waals surface area contributed by atoms with E-state index in [4.69, 9.17) is 0 Å². The monoisotopic (exact) mass is 279 g/mol. The van der Waals surface area contributed by atoms with Crippen molar-refractivity contribution in [2.75, 3.05) is 6.54 Å². The number of hydrogen-bond donors (Lipinski definition) is 1. The lowest BCUT2D eigenvalue weighted by Gasteiger charge is -2.47. The SMILES string of the molecule is CC(C)(C)C1CC(F)(c2ccccc2)CCN1C(=O)O. The molecule has 3 nitrogen and oxygen atoms in total. The van der Waals surface area contributed by atoms with Crippen LogP contribution in [-0.2, 0) is 5.67 Å². The summed E-state index contributed by atoms with van der Waals surface area (Å²) in [4.78, 5) is 12.8. The van der Waals surface area contributed by atoms with Crippen LogP contribution in [0.1, 0.15) is 39.2 Å². The van der Waals surface area contributed by atoms with Crippen molar-refractivity contribution in [2.24, 2.45) is 5.41 Å². The quantitative estimate of drug-likeness (QED) is 0.842. The minimum Gasteiger partial charge on any atom is -0.465 e. The fraction of sp³-hybridized carbons (Fsp3) is 0.562. The van der Waals surface area contributed by atoms with Crippen molar-refractivity contribution in [2.45, 2.75) is 45.3 Å². The van der Waals surface area contributed by atoms with Gasteiger partial charge in [0, 0.05) is 25.4 Å². The van der Waals surface area contributed by atoms with Crippen molar-refractivity contribution in [3.05, 3.63) is 35.9 Å². The van der Waals surface area contributed by atoms with Gasteiger partial charge in [0.15, 0.2) is 0 Å². The van der Waals surface area contributed by atoms with E-state index in [-0.39, 0.29) is 30.8 Å². The molecule has 20 heavy (non-hydrogen) atoms. The van der Waals surface area contributed by atoms with Gasteiger partial charge in [-0.15, -0.1) is 0 Å². The zero-order valence-corrected chi connectivity index (χ0v) is 12.3. The molecule has 2 rings (SSSR count). The average Bonchev–Trinajstić information content (AvgIpc) is 2.38. The van der Waals surface area contributed by atoms with Gasteiger partial charge in [-0.25, -0.2) is 9.18 Å². The van der Waals surface area contributed by atoms with E-state index >= 15 is 4.39 Å². The molecule has 1 N–H and O–H groups in total. The molecule has 1 saturated heterocycles. The summed E-state index contributed by atoms with van der Waals surface area (Å²) >= 11 is 0. The molecule has 4 heteroatoms. The number of carboxylic acid groups (broad SMARTS) is 1. The van der Waals surface area contributed by atoms with Crippen LogP contribution in [0.2, 0.25) is 0 Å². The molecule has 1 amide bonds. The van der Waals surface area contributed by atoms with Crippen LogP contribution in [0, 0.1) is 5.41 Å². The van der Waals surface area contributed by atoms with E-state index in [9.17, 15) is 9.90 Å². The van der Waals surface area contributed by atoms with Crippen molar-refractivity contribution in [1.29, 1.82) is 0 Å². The molecule has 0 bridgehead atoms. The highest BCUT2D eigenvalue weighted by Crippen LogP contribution is 2.44. The highest BCUT2D eigenvalue weighted by molar-refractivity contribution is 5.65. The summed E-state index contributed by atoms with van der Waals surface area (Å²) in [5.74, 6) is 0. The number of alkyl halides is 1. The molecule has 0 aliphatic carbocycles. The lowest BCUT2D eigenvalue weighted by molar-refractivity contribution is -0.0177. The van der Waals surface area contributed by atoms with Gasteiger partial charge in [-0.1, -0.05) is 51.1 Å². The number of nitrogens with zero attached hydrogens (tertiary/aromatic N) is 1. The van der Waals surface area contributed by atoms with Crippen LogP contribution in [-0.4, -0.2) is 28.7 Å². The maximum Gasteiger partial charge on any atom is 0.407 e. The van der Waals surface area contributed by atoms with Gasteiger partial charge in [-0.3, -0.25) is 0 Å². The van der Waals surface area contributed by atoms with E-state index in [0.29, 0.717) is 5.56 Å². The molecule has 1 aliphatic heterocycles. The third kappa shape index (κ3) is 2.79. The predicted molar refractivity (Wildman–Crippen MR) is 76.4 cm³/mol. The Morgan fingerprint density at radius 3 is 2.45 bits per heavy atom. The van der Waals surface area contributed by atoms with Crippen molar-refractivity contribution in [1.82, 2.24) is 4.90 Å². The summed E-state index contributed by atoms with van der Waals surface area (Å²) < 4.78 is 15.3. The van der Waals surface area contributed by atoms with Gasteiger partial charge < -0.3 is 10.0 Å². The normalized spacial score (nSPS) is 27.4. The van der Waals surface area contributed by atoms with Crippen LogP contribution in [0.4, 0.5) is 9.18 Å². The summed E-state index contributed by atoms with van der Waals surface area (Å²) in [7, 11) is 0. The van der Waals surface area contributed by atoms with Gasteiger partial charge >= 0.3 is 6.09 Å². The number of piperidine rings is 1. The van der Waals surface area contributed by atoms with Crippen LogP contribution in [0.3, 0.4) is 0 Å². The second-order valence-electron chi connectivity index (χ2n) is 6.64. The molecule has 1 aromatic rings. The molecule has 0 radical (unpaired) electrons. The lowest BCUT2D eigenvalue weighted by Crippen LogP contribution is -2.54. The van der Waals surface area contributed by atoms with E-state index < -0.39 is 11.8 Å². The highest BCUT2D eigenvalue weighted by atomic mass is 19.1. The Kier molecular flexibility index (Phi) is 3.76. The van der Waals surface area contributed by atoms with Gasteiger partial charge in [0.2, 0.25) is 0 Å². The molecular weight excluding hydrogens is 257 g/mol. The van der Waals surface area contributed by atoms with Gasteiger partial charge in [0.05, 0.1) is 0 Å². The Bertz CT molecular complexity index is 483. The number of likely N-dealkylation sites (tertiary alicyclic amines) is 1. The number of rotatable bonds is 1. The summed E-state index contributed by atoms with van der Waals surface area (Å²) in [6.45, 7) is 6.13. The first kappa shape index (κ1) is 14.8. The average molecular weight is 279 g/mol. The molecule has 2 unspecified atom stereocenters. The van der Waals surface area contributed by atoms with Crippen LogP contribution in [0.25, 0.3) is 0 Å². The first-order chi connectivity index (χ1) is 9.24. The van der Waals surface area contributed by atoms with Crippen molar-refractivity contribution < 1.29 is 14.3 Å². The Labute approximate surface area is 119 Å². The van der Waals surface area contributed by atoms with E-state index in [1.165, 1.54) is 4.90 Å². The van der Waals surface area contributed by atoms with Crippen LogP contribution in [0.15, 0.2) is 30.3 Å². The molecular formula is C16H22FNO2. The third-order valence-electron chi connectivity index (χ3n) is 4.18. The maximum atomic E-state index is 15.3. The van der Waals surface area contributed by atoms with Gasteiger partial charge in [0.25, 0.3) is 0 Å². The molecule has 110 valence electrons. The van der Waals surface area contributed by atoms with Gasteiger partial charge in [0.1, 0.15) is 5.67 Å². The zero-order chi connectivity index (χ0) is 15.0. The van der Waals surface area contributed by atoms with Crippen molar-refractivity contribution in [3.63, 3.8) is 0 Å². The summed E-state index contributed by atoms with van der Waals surface area (Å²) in [6.07, 6.45) is -0.525. The summed E-state index contributed by atoms with van der Waals surface area (Å²) in [5.41, 5.74) is -1.07. The molecule has 1 fully saturated rings. The minimum absolute atomic E-state index is 0.215. The van der Waals surface area contributed by atoms with Crippen LogP contribution < -0.4 is 0 Å². The standard InChI is InChI=1S/C16H22FNO2/c1-15(2,3)13-11-16(17,9-10-18(13)14(19)20)12-7-5-4-6-8-12/h4-8,13H,9-11H2,1-3H3,(H,19,20). The molecule has 0 saturated carbocycles. The summed E-state index contributed by atoms with van der Waals surface area (Å²) in [6, 6.07) is 8.77. The molecule has 1 aliphatic rings. The maximum absolute atomic E-state index is 15.3. The largest absolute Gasteiger partial charge is 0.465 e. The fourth-order valence-corrected chi connectivity index (χ4v) is 2.97. The number of halogens is 1. The molecule has 2 atom stereocenters. The highest BCUT2D eigenvalue weighted by Gasteiger charge is 2.46. The van der Waals surface area contributed by atoms with Crippen molar-refractivity contribution in [3.8, 4) is 0 Å². The Morgan fingerprint density at radius 1 is 1.35 bits per heavy atom. The Hall–Kier alpha value is -1.58. The van der Waals surface area contributed by atoms with E-state index in [2.05, 4.69) is 0 Å². The minimum atomic E-state index is -1.44. The molecule has 1 aromatic carbocycles. The second kappa shape index (κ2) is 5.08. The number of carbonyl (C=O) groups is 1. The first-order valence-corrected chi connectivity index (χ1v) is 6.98. The van der Waals surface area contributed by atoms with E-state index in [1.54, 1.807) is 12.1 Å². The van der Waals surface area contributed by atoms with E-state index in [1.807, 2.05) is 39.0 Å². The smallest absolute Gasteiger partial charge is 0.407 e. The topological polar surface area (TPSA) is 40.5 Å². The Morgan fingerprint density at radius 2 is 1.95 bits per heavy atom. The molecule has 0 spiro atoms. The van der Waals surface area contributed by atoms with E-state index in [0.717, 1.165) is 0 Å². The van der Waals surface area contributed by atoms with Gasteiger partial charge in [-0.2, -0.15) is 0 Å². The van der Waals surface area contributed by atoms with Crippen molar-refractivity contribution >= 4 is 6.09 Å². The predicted octanol–water partition coefficient (Wildman–Crippen LogP) is 4.04. The summed E-state index contributed by atoms with van der Waals surface area (Å²) in [5, 5.41) is 9.32. The van der Waals surface area contributed by atoms with Crippen LogP contribution >= 0.6 is 0 Å². The number of benzene rings is 1. The molecule has 1 heterocycles. The second-order valence-corrected chi connectivity index (χ2v) is 6.64. The zero-order valence-electron chi connectivity index (χ0n) is 12.3. The third-order valence-corrected chi connectivity index (χ3v) is 4.18. The first-order valence-electron chi connectivity index (χ1n) is 6.98. The van der Waals surface area contributed by atoms with Crippen LogP contribution in [0.5, 0.6) is 0 Å². The fourth-order valence-electron chi connectivity index (χ4n) is 2.97. The number of amides is 1. The molecule has 0 aromatic heterocycles. The lowest BCUT2D eigenvalue weighted by atomic mass is 9.73.